The molecular formula is C14H23NSi. The van der Waals surface area contributed by atoms with Crippen molar-refractivity contribution in [2.75, 3.05) is 6.54 Å². The highest BCUT2D eigenvalue weighted by Crippen LogP contribution is 2.22. The van der Waals surface area contributed by atoms with Crippen molar-refractivity contribution in [2.24, 2.45) is 0 Å². The number of nitrogens with one attached hydrogen (secondary N) is 1. The van der Waals surface area contributed by atoms with Crippen molar-refractivity contribution >= 4 is 8.07 Å². The van der Waals surface area contributed by atoms with E-state index < -0.39 is 8.07 Å². The molecule has 88 valence electrons. The summed E-state index contributed by atoms with van der Waals surface area (Å²) in [6, 6.07) is 14.5. The van der Waals surface area contributed by atoms with Crippen molar-refractivity contribution < 1.29 is 0 Å². The van der Waals surface area contributed by atoms with E-state index in [0.29, 0.717) is 0 Å². The fourth-order valence-electron chi connectivity index (χ4n) is 2.82. The summed E-state index contributed by atoms with van der Waals surface area (Å²) in [7, 11) is -1.07. The third-order valence-electron chi connectivity index (χ3n) is 3.49. The average molecular weight is 233 g/mol. The van der Waals surface area contributed by atoms with E-state index in [-0.39, 0.29) is 0 Å². The Hall–Kier alpha value is -0.603. The van der Waals surface area contributed by atoms with Gasteiger partial charge in [0.2, 0.25) is 0 Å². The Morgan fingerprint density at radius 3 is 2.62 bits per heavy atom. The molecule has 1 aromatic rings. The van der Waals surface area contributed by atoms with Gasteiger partial charge in [0.25, 0.3) is 0 Å². The number of rotatable bonds is 4. The highest BCUT2D eigenvalue weighted by Gasteiger charge is 2.27. The molecule has 1 N–H and O–H groups in total. The lowest BCUT2D eigenvalue weighted by Crippen LogP contribution is -2.37. The topological polar surface area (TPSA) is 12.0 Å². The largest absolute Gasteiger partial charge is 0.314 e. The molecule has 1 fully saturated rings. The van der Waals surface area contributed by atoms with Crippen LogP contribution < -0.4 is 5.32 Å². The Bertz CT molecular complexity index is 315. The second kappa shape index (κ2) is 5.15. The normalized spacial score (nSPS) is 21.2. The maximum absolute atomic E-state index is 3.63. The van der Waals surface area contributed by atoms with E-state index in [0.717, 1.165) is 6.04 Å². The summed E-state index contributed by atoms with van der Waals surface area (Å²) < 4.78 is 0. The van der Waals surface area contributed by atoms with E-state index in [1.165, 1.54) is 37.0 Å². The van der Waals surface area contributed by atoms with E-state index in [1.807, 2.05) is 0 Å². The van der Waals surface area contributed by atoms with Crippen LogP contribution >= 0.6 is 0 Å². The van der Waals surface area contributed by atoms with Gasteiger partial charge in [-0.2, -0.15) is 0 Å². The fraction of sp³-hybridized carbons (Fsp3) is 0.571. The third kappa shape index (κ3) is 3.46. The Morgan fingerprint density at radius 2 is 2.00 bits per heavy atom. The van der Waals surface area contributed by atoms with Crippen molar-refractivity contribution in [1.82, 2.24) is 5.32 Å². The zero-order valence-corrected chi connectivity index (χ0v) is 11.5. The maximum Gasteiger partial charge on any atom is 0.0533 e. The molecule has 0 radical (unpaired) electrons. The summed E-state index contributed by atoms with van der Waals surface area (Å²) in [5, 5.41) is 3.63. The molecule has 2 rings (SSSR count). The monoisotopic (exact) mass is 233 g/mol. The molecule has 0 amide bonds. The standard InChI is InChI=1S/C14H23NSi/c1-16(2,12-14-9-6-10-15-14)11-13-7-4-3-5-8-13/h3-5,7-8,14-15H,6,9-12H2,1-2H3. The molecular weight excluding hydrogens is 210 g/mol. The SMILES string of the molecule is C[Si](C)(Cc1ccccc1)CC1CCCN1. The zero-order chi connectivity index (χ0) is 11.4. The van der Waals surface area contributed by atoms with Crippen LogP contribution in [0.2, 0.25) is 19.1 Å². The molecule has 1 aromatic carbocycles. The molecule has 1 unspecified atom stereocenters. The van der Waals surface area contributed by atoms with Gasteiger partial charge in [-0.1, -0.05) is 49.0 Å². The molecule has 0 aliphatic carbocycles. The number of benzene rings is 1. The molecule has 1 heterocycles. The van der Waals surface area contributed by atoms with Crippen molar-refractivity contribution in [3.63, 3.8) is 0 Å². The smallest absolute Gasteiger partial charge is 0.0533 e. The van der Waals surface area contributed by atoms with Crippen LogP contribution in [0.25, 0.3) is 0 Å². The summed E-state index contributed by atoms with van der Waals surface area (Å²) in [4.78, 5) is 0. The molecule has 1 atom stereocenters. The van der Waals surface area contributed by atoms with Crippen molar-refractivity contribution in [3.05, 3.63) is 35.9 Å². The van der Waals surface area contributed by atoms with Crippen LogP contribution in [0, 0.1) is 0 Å². The Balaban J connectivity index is 1.91. The summed E-state index contributed by atoms with van der Waals surface area (Å²) in [5.74, 6) is 0. The van der Waals surface area contributed by atoms with Gasteiger partial charge in [0, 0.05) is 6.04 Å². The quantitative estimate of drug-likeness (QED) is 0.787. The average Bonchev–Trinajstić information content (AvgIpc) is 2.70. The molecule has 1 saturated heterocycles. The van der Waals surface area contributed by atoms with E-state index in [1.54, 1.807) is 0 Å². The Labute approximate surface area is 100 Å². The van der Waals surface area contributed by atoms with Crippen LogP contribution in [-0.2, 0) is 6.04 Å². The fourth-order valence-corrected chi connectivity index (χ4v) is 5.99. The minimum absolute atomic E-state index is 0.811. The molecule has 2 heteroatoms. The Kier molecular flexibility index (Phi) is 3.82. The summed E-state index contributed by atoms with van der Waals surface area (Å²) in [5.41, 5.74) is 1.53. The number of hydrogen-bond acceptors (Lipinski definition) is 1. The van der Waals surface area contributed by atoms with Crippen LogP contribution in [0.4, 0.5) is 0 Å². The van der Waals surface area contributed by atoms with Crippen LogP contribution in [0.1, 0.15) is 18.4 Å². The first-order valence-corrected chi connectivity index (χ1v) is 9.84. The second-order valence-corrected chi connectivity index (χ2v) is 10.9. The second-order valence-electron chi connectivity index (χ2n) is 5.82. The third-order valence-corrected chi connectivity index (χ3v) is 6.45. The molecule has 0 spiro atoms. The minimum atomic E-state index is -1.07. The first-order valence-electron chi connectivity index (χ1n) is 6.43. The van der Waals surface area contributed by atoms with Crippen LogP contribution in [0.3, 0.4) is 0 Å². The van der Waals surface area contributed by atoms with Crippen molar-refractivity contribution in [3.8, 4) is 0 Å². The van der Waals surface area contributed by atoms with Crippen LogP contribution in [0.5, 0.6) is 0 Å². The van der Waals surface area contributed by atoms with E-state index in [4.69, 9.17) is 0 Å². The first-order chi connectivity index (χ1) is 7.66. The van der Waals surface area contributed by atoms with Crippen LogP contribution in [0.15, 0.2) is 30.3 Å². The number of hydrogen-bond donors (Lipinski definition) is 1. The van der Waals surface area contributed by atoms with Gasteiger partial charge < -0.3 is 5.32 Å². The zero-order valence-electron chi connectivity index (χ0n) is 10.5. The van der Waals surface area contributed by atoms with E-state index in [2.05, 4.69) is 48.7 Å². The van der Waals surface area contributed by atoms with Gasteiger partial charge in [-0.05, 0) is 31.5 Å². The van der Waals surface area contributed by atoms with Gasteiger partial charge in [0.05, 0.1) is 8.07 Å². The molecule has 0 aromatic heterocycles. The lowest BCUT2D eigenvalue weighted by Gasteiger charge is -2.26. The van der Waals surface area contributed by atoms with E-state index in [9.17, 15) is 0 Å². The minimum Gasteiger partial charge on any atom is -0.314 e. The van der Waals surface area contributed by atoms with Crippen molar-refractivity contribution in [2.45, 2.75) is 44.1 Å². The van der Waals surface area contributed by atoms with Gasteiger partial charge >= 0.3 is 0 Å². The summed E-state index contributed by atoms with van der Waals surface area (Å²) in [6.07, 6.45) is 2.77. The molecule has 0 bridgehead atoms. The lowest BCUT2D eigenvalue weighted by molar-refractivity contribution is 0.652. The van der Waals surface area contributed by atoms with Gasteiger partial charge in [-0.15, -0.1) is 0 Å². The maximum atomic E-state index is 3.63. The van der Waals surface area contributed by atoms with Crippen molar-refractivity contribution in [1.29, 1.82) is 0 Å². The first kappa shape index (κ1) is 11.9. The van der Waals surface area contributed by atoms with Gasteiger partial charge in [0.15, 0.2) is 0 Å². The van der Waals surface area contributed by atoms with Gasteiger partial charge in [-0.3, -0.25) is 0 Å². The summed E-state index contributed by atoms with van der Waals surface area (Å²) >= 11 is 0. The highest BCUT2D eigenvalue weighted by atomic mass is 28.3. The predicted octanol–water partition coefficient (Wildman–Crippen LogP) is 3.23. The van der Waals surface area contributed by atoms with Gasteiger partial charge in [0.1, 0.15) is 0 Å². The van der Waals surface area contributed by atoms with E-state index >= 15 is 0 Å². The van der Waals surface area contributed by atoms with Gasteiger partial charge in [-0.25, -0.2) is 0 Å². The predicted molar refractivity (Wildman–Crippen MR) is 73.5 cm³/mol. The highest BCUT2D eigenvalue weighted by molar-refractivity contribution is 6.77. The molecule has 1 aliphatic rings. The lowest BCUT2D eigenvalue weighted by atomic mass is 10.2. The molecule has 0 saturated carbocycles. The molecule has 1 aliphatic heterocycles. The molecule has 1 nitrogen and oxygen atoms in total. The molecule has 16 heavy (non-hydrogen) atoms. The van der Waals surface area contributed by atoms with Crippen LogP contribution in [-0.4, -0.2) is 20.7 Å². The Morgan fingerprint density at radius 1 is 1.25 bits per heavy atom. The summed E-state index contributed by atoms with van der Waals surface area (Å²) in [6.45, 7) is 6.29.